The average molecular weight is 439 g/mol. The standard InChI is InChI=1S/C26H34N2O4/c1-17-23(12-11-20-19-8-2-3-9-21(19)26(30)32-25(17)20)31-16-24(29)27-15-18-7-6-14-28-13-5-4-10-22(18)28/h11-12,18,22H,2-10,13-16H2,1H3,(H,27,29)/t18-,22-/m0/s1. The molecule has 2 aromatic rings. The number of rotatable bonds is 5. The van der Waals surface area contributed by atoms with Crippen LogP contribution in [0.2, 0.25) is 0 Å². The van der Waals surface area contributed by atoms with Crippen LogP contribution in [0, 0.1) is 12.8 Å². The van der Waals surface area contributed by atoms with Crippen molar-refractivity contribution in [2.24, 2.45) is 5.92 Å². The molecule has 1 amide bonds. The number of amides is 1. The van der Waals surface area contributed by atoms with E-state index in [1.165, 1.54) is 45.2 Å². The molecule has 6 heteroatoms. The lowest BCUT2D eigenvalue weighted by molar-refractivity contribution is -0.123. The maximum atomic E-state index is 12.5. The molecule has 3 aliphatic rings. The van der Waals surface area contributed by atoms with Crippen LogP contribution in [0.15, 0.2) is 21.3 Å². The van der Waals surface area contributed by atoms with Crippen molar-refractivity contribution in [2.75, 3.05) is 26.2 Å². The zero-order valence-corrected chi connectivity index (χ0v) is 19.1. The van der Waals surface area contributed by atoms with Gasteiger partial charge in [0.1, 0.15) is 11.3 Å². The summed E-state index contributed by atoms with van der Waals surface area (Å²) in [6.07, 6.45) is 10.1. The van der Waals surface area contributed by atoms with Gasteiger partial charge in [-0.3, -0.25) is 4.79 Å². The van der Waals surface area contributed by atoms with E-state index in [1.54, 1.807) is 0 Å². The first kappa shape index (κ1) is 21.5. The summed E-state index contributed by atoms with van der Waals surface area (Å²) in [7, 11) is 0. The van der Waals surface area contributed by atoms with E-state index in [2.05, 4.69) is 10.2 Å². The Hall–Kier alpha value is -2.34. The van der Waals surface area contributed by atoms with E-state index in [-0.39, 0.29) is 18.1 Å². The zero-order valence-electron chi connectivity index (χ0n) is 19.1. The Labute approximate surface area is 189 Å². The van der Waals surface area contributed by atoms with Gasteiger partial charge in [-0.05, 0) is 95.0 Å². The molecule has 2 fully saturated rings. The van der Waals surface area contributed by atoms with Crippen LogP contribution in [0.1, 0.15) is 61.6 Å². The Balaban J connectivity index is 1.23. The highest BCUT2D eigenvalue weighted by atomic mass is 16.5. The largest absolute Gasteiger partial charge is 0.483 e. The lowest BCUT2D eigenvalue weighted by Gasteiger charge is -2.44. The number of ether oxygens (including phenoxy) is 1. The van der Waals surface area contributed by atoms with Crippen LogP contribution >= 0.6 is 0 Å². The molecule has 0 unspecified atom stereocenters. The number of fused-ring (bicyclic) bond motifs is 4. The van der Waals surface area contributed by atoms with Gasteiger partial charge in [-0.15, -0.1) is 0 Å². The van der Waals surface area contributed by atoms with Gasteiger partial charge in [0.25, 0.3) is 5.91 Å². The van der Waals surface area contributed by atoms with Crippen molar-refractivity contribution in [2.45, 2.75) is 70.8 Å². The maximum absolute atomic E-state index is 12.5. The van der Waals surface area contributed by atoms with E-state index in [9.17, 15) is 9.59 Å². The summed E-state index contributed by atoms with van der Waals surface area (Å²) in [6.45, 7) is 5.01. The highest BCUT2D eigenvalue weighted by Crippen LogP contribution is 2.33. The van der Waals surface area contributed by atoms with Crippen LogP contribution in [0.4, 0.5) is 0 Å². The Morgan fingerprint density at radius 1 is 1.09 bits per heavy atom. The second kappa shape index (κ2) is 9.26. The molecule has 2 aliphatic heterocycles. The summed E-state index contributed by atoms with van der Waals surface area (Å²) < 4.78 is 11.5. The van der Waals surface area contributed by atoms with Gasteiger partial charge >= 0.3 is 5.63 Å². The normalized spacial score (nSPS) is 23.4. The predicted molar refractivity (Wildman–Crippen MR) is 124 cm³/mol. The smallest absolute Gasteiger partial charge is 0.339 e. The molecule has 0 saturated carbocycles. The monoisotopic (exact) mass is 438 g/mol. The topological polar surface area (TPSA) is 71.8 Å². The van der Waals surface area contributed by atoms with Crippen LogP contribution in [-0.4, -0.2) is 43.1 Å². The van der Waals surface area contributed by atoms with Crippen molar-refractivity contribution < 1.29 is 13.9 Å². The van der Waals surface area contributed by atoms with Crippen molar-refractivity contribution in [3.8, 4) is 5.75 Å². The number of benzene rings is 1. The van der Waals surface area contributed by atoms with Gasteiger partial charge in [0.2, 0.25) is 0 Å². The molecule has 6 nitrogen and oxygen atoms in total. The molecule has 1 aromatic heterocycles. The van der Waals surface area contributed by atoms with Gasteiger partial charge in [0, 0.05) is 29.1 Å². The minimum Gasteiger partial charge on any atom is -0.483 e. The number of nitrogens with zero attached hydrogens (tertiary/aromatic N) is 1. The molecular weight excluding hydrogens is 404 g/mol. The number of nitrogens with one attached hydrogen (secondary N) is 1. The first-order valence-corrected chi connectivity index (χ1v) is 12.3. The van der Waals surface area contributed by atoms with E-state index in [1.807, 2.05) is 19.1 Å². The van der Waals surface area contributed by atoms with E-state index < -0.39 is 0 Å². The highest BCUT2D eigenvalue weighted by molar-refractivity contribution is 5.86. The third-order valence-electron chi connectivity index (χ3n) is 7.74. The minimum atomic E-state index is -0.227. The summed E-state index contributed by atoms with van der Waals surface area (Å²) in [5.41, 5.74) is 3.10. The molecule has 1 aliphatic carbocycles. The third-order valence-corrected chi connectivity index (χ3v) is 7.74. The minimum absolute atomic E-state index is 0.0252. The molecule has 32 heavy (non-hydrogen) atoms. The maximum Gasteiger partial charge on any atom is 0.339 e. The Kier molecular flexibility index (Phi) is 6.22. The summed E-state index contributed by atoms with van der Waals surface area (Å²) in [5.74, 6) is 1.04. The van der Waals surface area contributed by atoms with Crippen molar-refractivity contribution in [3.05, 3.63) is 39.2 Å². The fourth-order valence-electron chi connectivity index (χ4n) is 6.04. The number of piperidine rings is 2. The second-order valence-corrected chi connectivity index (χ2v) is 9.71. The molecule has 0 radical (unpaired) electrons. The summed E-state index contributed by atoms with van der Waals surface area (Å²) >= 11 is 0. The van der Waals surface area contributed by atoms with E-state index in [0.29, 0.717) is 23.3 Å². The fourth-order valence-corrected chi connectivity index (χ4v) is 6.04. The van der Waals surface area contributed by atoms with Gasteiger partial charge in [0.05, 0.1) is 0 Å². The summed E-state index contributed by atoms with van der Waals surface area (Å²) in [6, 6.07) is 4.50. The molecule has 0 bridgehead atoms. The van der Waals surface area contributed by atoms with Crippen LogP contribution in [-0.2, 0) is 17.6 Å². The lowest BCUT2D eigenvalue weighted by Crippen LogP contribution is -2.51. The number of carbonyl (C=O) groups excluding carboxylic acids is 1. The lowest BCUT2D eigenvalue weighted by atomic mass is 9.83. The second-order valence-electron chi connectivity index (χ2n) is 9.71. The predicted octanol–water partition coefficient (Wildman–Crippen LogP) is 3.74. The van der Waals surface area contributed by atoms with Gasteiger partial charge in [-0.2, -0.15) is 0 Å². The van der Waals surface area contributed by atoms with Crippen LogP contribution in [0.3, 0.4) is 0 Å². The quantitative estimate of drug-likeness (QED) is 0.720. The number of hydrogen-bond donors (Lipinski definition) is 1. The Morgan fingerprint density at radius 3 is 2.78 bits per heavy atom. The van der Waals surface area contributed by atoms with Crippen LogP contribution in [0.5, 0.6) is 5.75 Å². The SMILES string of the molecule is Cc1c(OCC(=O)NC[C@@H]2CCCN3CCCC[C@@H]23)ccc2c3c(c(=O)oc12)CCCC3. The molecule has 2 saturated heterocycles. The first-order chi connectivity index (χ1) is 15.6. The van der Waals surface area contributed by atoms with Crippen molar-refractivity contribution in [1.82, 2.24) is 10.2 Å². The van der Waals surface area contributed by atoms with E-state index in [0.717, 1.165) is 54.3 Å². The molecule has 5 rings (SSSR count). The van der Waals surface area contributed by atoms with Gasteiger partial charge < -0.3 is 19.4 Å². The van der Waals surface area contributed by atoms with Crippen LogP contribution in [0.25, 0.3) is 11.0 Å². The molecular formula is C26H34N2O4. The third kappa shape index (κ3) is 4.17. The number of aryl methyl sites for hydroxylation is 2. The van der Waals surface area contributed by atoms with Crippen molar-refractivity contribution in [3.63, 3.8) is 0 Å². The highest BCUT2D eigenvalue weighted by Gasteiger charge is 2.33. The van der Waals surface area contributed by atoms with Gasteiger partial charge in [-0.25, -0.2) is 4.79 Å². The Morgan fingerprint density at radius 2 is 1.91 bits per heavy atom. The average Bonchev–Trinajstić information content (AvgIpc) is 2.83. The first-order valence-electron chi connectivity index (χ1n) is 12.3. The fraction of sp³-hybridized carbons (Fsp3) is 0.615. The molecule has 1 N–H and O–H groups in total. The summed E-state index contributed by atoms with van der Waals surface area (Å²) in [4.78, 5) is 27.6. The van der Waals surface area contributed by atoms with Crippen molar-refractivity contribution >= 4 is 16.9 Å². The van der Waals surface area contributed by atoms with Crippen LogP contribution < -0.4 is 15.7 Å². The van der Waals surface area contributed by atoms with E-state index >= 15 is 0 Å². The molecule has 2 atom stereocenters. The number of hydrogen-bond acceptors (Lipinski definition) is 5. The van der Waals surface area contributed by atoms with Crippen molar-refractivity contribution in [1.29, 1.82) is 0 Å². The molecule has 3 heterocycles. The molecule has 1 aromatic carbocycles. The zero-order chi connectivity index (χ0) is 22.1. The number of carbonyl (C=O) groups is 1. The van der Waals surface area contributed by atoms with Gasteiger partial charge in [0.15, 0.2) is 6.61 Å². The molecule has 0 spiro atoms. The van der Waals surface area contributed by atoms with E-state index in [4.69, 9.17) is 9.15 Å². The molecule has 172 valence electrons. The Bertz CT molecular complexity index is 1060. The van der Waals surface area contributed by atoms with Gasteiger partial charge in [-0.1, -0.05) is 6.42 Å². The summed E-state index contributed by atoms with van der Waals surface area (Å²) in [5, 5.41) is 4.10.